The Bertz CT molecular complexity index is 992. The second-order valence-corrected chi connectivity index (χ2v) is 11.5. The minimum Gasteiger partial charge on any atom is -0.493 e. The van der Waals surface area contributed by atoms with Crippen molar-refractivity contribution in [1.29, 1.82) is 0 Å². The fourth-order valence-corrected chi connectivity index (χ4v) is 4.35. The van der Waals surface area contributed by atoms with Crippen LogP contribution in [0.5, 0.6) is 11.5 Å². The maximum atomic E-state index is 13.8. The summed E-state index contributed by atoms with van der Waals surface area (Å²) in [5.74, 6) is 0.558. The summed E-state index contributed by atoms with van der Waals surface area (Å²) in [6, 6.07) is 4.52. The van der Waals surface area contributed by atoms with Gasteiger partial charge in [-0.25, -0.2) is 9.59 Å². The molecule has 1 N–H and O–H groups in total. The van der Waals surface area contributed by atoms with Crippen LogP contribution in [-0.2, 0) is 14.2 Å². The van der Waals surface area contributed by atoms with Crippen molar-refractivity contribution in [2.24, 2.45) is 5.92 Å². The molecule has 0 aromatic heterocycles. The van der Waals surface area contributed by atoms with Gasteiger partial charge in [0.25, 0.3) is 5.91 Å². The number of carbonyl (C=O) groups is 3. The quantitative estimate of drug-likeness (QED) is 0.373. The van der Waals surface area contributed by atoms with E-state index in [1.807, 2.05) is 13.8 Å². The van der Waals surface area contributed by atoms with Crippen LogP contribution in [0.1, 0.15) is 65.2 Å². The number of amides is 3. The van der Waals surface area contributed by atoms with Gasteiger partial charge in [0.1, 0.15) is 5.60 Å². The Morgan fingerprint density at radius 1 is 1.05 bits per heavy atom. The zero-order valence-electron chi connectivity index (χ0n) is 25.4. The Kier molecular flexibility index (Phi) is 12.4. The lowest BCUT2D eigenvalue weighted by atomic mass is 10.0. The average Bonchev–Trinajstić information content (AvgIpc) is 3.25. The first-order chi connectivity index (χ1) is 18.7. The number of nitrogens with zero attached hydrogens (tertiary/aromatic N) is 2. The molecule has 2 rings (SSSR count). The highest BCUT2D eigenvalue weighted by Crippen LogP contribution is 2.30. The number of benzene rings is 1. The zero-order valence-corrected chi connectivity index (χ0v) is 25.4. The van der Waals surface area contributed by atoms with Gasteiger partial charge in [-0.05, 0) is 66.7 Å². The van der Waals surface area contributed by atoms with Gasteiger partial charge in [0.15, 0.2) is 11.5 Å². The monoisotopic (exact) mass is 565 g/mol. The molecule has 1 aromatic carbocycles. The van der Waals surface area contributed by atoms with E-state index in [0.29, 0.717) is 49.8 Å². The van der Waals surface area contributed by atoms with E-state index in [2.05, 4.69) is 5.32 Å². The highest BCUT2D eigenvalue weighted by molar-refractivity contribution is 5.95. The Morgan fingerprint density at radius 3 is 2.33 bits per heavy atom. The number of rotatable bonds is 12. The molecule has 0 saturated carbocycles. The van der Waals surface area contributed by atoms with Crippen LogP contribution in [0, 0.1) is 5.92 Å². The Hall–Kier alpha value is -3.21. The highest BCUT2D eigenvalue weighted by atomic mass is 16.6. The Balaban J connectivity index is 2.27. The molecule has 1 aliphatic rings. The number of methoxy groups -OCH3 is 2. The molecule has 1 saturated heterocycles. The van der Waals surface area contributed by atoms with Crippen molar-refractivity contribution >= 4 is 18.1 Å². The number of carbonyl (C=O) groups excluding carboxylic acids is 3. The van der Waals surface area contributed by atoms with Gasteiger partial charge in [-0.15, -0.1) is 0 Å². The molecule has 1 heterocycles. The van der Waals surface area contributed by atoms with Gasteiger partial charge >= 0.3 is 12.2 Å². The molecule has 0 bridgehead atoms. The van der Waals surface area contributed by atoms with E-state index in [-0.39, 0.29) is 30.5 Å². The molecule has 2 atom stereocenters. The van der Waals surface area contributed by atoms with Gasteiger partial charge in [-0.1, -0.05) is 0 Å². The summed E-state index contributed by atoms with van der Waals surface area (Å²) < 4.78 is 27.2. The van der Waals surface area contributed by atoms with E-state index >= 15 is 0 Å². The maximum Gasteiger partial charge on any atom is 0.410 e. The van der Waals surface area contributed by atoms with Gasteiger partial charge in [0.2, 0.25) is 0 Å². The normalized spacial score (nSPS) is 17.1. The molecule has 3 amide bonds. The minimum atomic E-state index is -0.660. The molecule has 0 radical (unpaired) electrons. The summed E-state index contributed by atoms with van der Waals surface area (Å²) in [6.45, 7) is 14.6. The van der Waals surface area contributed by atoms with E-state index in [0.717, 1.165) is 0 Å². The topological polar surface area (TPSA) is 116 Å². The van der Waals surface area contributed by atoms with Crippen LogP contribution in [0.4, 0.5) is 9.59 Å². The third-order valence-electron chi connectivity index (χ3n) is 6.22. The molecule has 0 spiro atoms. The molecule has 226 valence electrons. The van der Waals surface area contributed by atoms with Crippen molar-refractivity contribution in [2.45, 2.75) is 78.7 Å². The number of ether oxygens (including phenoxy) is 5. The molecular weight excluding hydrogens is 518 g/mol. The second kappa shape index (κ2) is 15.0. The van der Waals surface area contributed by atoms with E-state index in [9.17, 15) is 14.4 Å². The molecule has 2 unspecified atom stereocenters. The van der Waals surface area contributed by atoms with Crippen LogP contribution in [-0.4, -0.2) is 98.7 Å². The average molecular weight is 566 g/mol. The van der Waals surface area contributed by atoms with Crippen LogP contribution in [0.25, 0.3) is 0 Å². The molecule has 1 fully saturated rings. The van der Waals surface area contributed by atoms with Crippen LogP contribution >= 0.6 is 0 Å². The highest BCUT2D eigenvalue weighted by Gasteiger charge is 2.40. The number of hydrogen-bond donors (Lipinski definition) is 1. The lowest BCUT2D eigenvalue weighted by Gasteiger charge is -2.31. The molecule has 0 aliphatic carbocycles. The SMILES string of the molecule is COCCCOc1cc(C(=O)N(CC2CN(C(=O)OC(C)(C)C)CC2NC(=O)OC(C)C)C(C)C)ccc1OC. The van der Waals surface area contributed by atoms with Crippen LogP contribution < -0.4 is 14.8 Å². The van der Waals surface area contributed by atoms with E-state index in [1.165, 1.54) is 0 Å². The van der Waals surface area contributed by atoms with Gasteiger partial charge in [-0.2, -0.15) is 0 Å². The number of alkyl carbamates (subject to hydrolysis) is 1. The van der Waals surface area contributed by atoms with Gasteiger partial charge in [-0.3, -0.25) is 4.79 Å². The zero-order chi connectivity index (χ0) is 30.0. The Morgan fingerprint density at radius 2 is 1.75 bits per heavy atom. The Labute approximate surface area is 238 Å². The molecule has 40 heavy (non-hydrogen) atoms. The maximum absolute atomic E-state index is 13.8. The summed E-state index contributed by atoms with van der Waals surface area (Å²) in [4.78, 5) is 42.4. The molecule has 1 aliphatic heterocycles. The second-order valence-electron chi connectivity index (χ2n) is 11.5. The van der Waals surface area contributed by atoms with Gasteiger partial charge in [0, 0.05) is 57.3 Å². The number of hydrogen-bond acceptors (Lipinski definition) is 8. The number of likely N-dealkylation sites (tertiary alicyclic amines) is 1. The van der Waals surface area contributed by atoms with Crippen molar-refractivity contribution in [2.75, 3.05) is 47.1 Å². The van der Waals surface area contributed by atoms with Crippen LogP contribution in [0.15, 0.2) is 18.2 Å². The predicted octanol–water partition coefficient (Wildman–Crippen LogP) is 4.33. The molecular formula is C29H47N3O8. The third kappa shape index (κ3) is 10.1. The largest absolute Gasteiger partial charge is 0.493 e. The van der Waals surface area contributed by atoms with Gasteiger partial charge < -0.3 is 38.8 Å². The molecule has 11 heteroatoms. The predicted molar refractivity (Wildman–Crippen MR) is 151 cm³/mol. The smallest absolute Gasteiger partial charge is 0.410 e. The molecule has 11 nitrogen and oxygen atoms in total. The standard InChI is InChI=1S/C29H47N3O8/c1-19(2)32(26(33)21-11-12-24(37-9)25(15-21)38-14-10-13-36-8)17-22-16-31(28(35)40-29(5,6)7)18-23(22)30-27(34)39-20(3)4/h11-12,15,19-20,22-23H,10,13-14,16-18H2,1-9H3,(H,30,34). The fourth-order valence-electron chi connectivity index (χ4n) is 4.35. The van der Waals surface area contributed by atoms with Crippen LogP contribution in [0.3, 0.4) is 0 Å². The van der Waals surface area contributed by atoms with Crippen molar-refractivity contribution in [3.05, 3.63) is 23.8 Å². The van der Waals surface area contributed by atoms with Crippen molar-refractivity contribution < 1.29 is 38.1 Å². The van der Waals surface area contributed by atoms with Crippen molar-refractivity contribution in [3.63, 3.8) is 0 Å². The third-order valence-corrected chi connectivity index (χ3v) is 6.22. The van der Waals surface area contributed by atoms with Gasteiger partial charge in [0.05, 0.1) is 25.9 Å². The lowest BCUT2D eigenvalue weighted by Crippen LogP contribution is -2.48. The molecule has 1 aromatic rings. The fraction of sp³-hybridized carbons (Fsp3) is 0.690. The van der Waals surface area contributed by atoms with Crippen LogP contribution in [0.2, 0.25) is 0 Å². The summed E-state index contributed by atoms with van der Waals surface area (Å²) >= 11 is 0. The summed E-state index contributed by atoms with van der Waals surface area (Å²) in [5, 5.41) is 2.89. The summed E-state index contributed by atoms with van der Waals surface area (Å²) in [5.41, 5.74) is -0.214. The van der Waals surface area contributed by atoms with E-state index in [1.54, 1.807) is 76.8 Å². The lowest BCUT2D eigenvalue weighted by molar-refractivity contribution is 0.0282. The minimum absolute atomic E-state index is 0.153. The first-order valence-electron chi connectivity index (χ1n) is 13.8. The number of nitrogens with one attached hydrogen (secondary N) is 1. The summed E-state index contributed by atoms with van der Waals surface area (Å²) in [7, 11) is 3.18. The van der Waals surface area contributed by atoms with E-state index < -0.39 is 23.8 Å². The summed E-state index contributed by atoms with van der Waals surface area (Å²) in [6.07, 6.45) is -0.633. The first-order valence-corrected chi connectivity index (χ1v) is 13.8. The van der Waals surface area contributed by atoms with Crippen molar-refractivity contribution in [1.82, 2.24) is 15.1 Å². The first kappa shape index (κ1) is 33.0. The van der Waals surface area contributed by atoms with Crippen molar-refractivity contribution in [3.8, 4) is 11.5 Å². The van der Waals surface area contributed by atoms with E-state index in [4.69, 9.17) is 23.7 Å².